The van der Waals surface area contributed by atoms with Crippen molar-refractivity contribution in [1.29, 1.82) is 0 Å². The third kappa shape index (κ3) is 3.42. The fourth-order valence-electron chi connectivity index (χ4n) is 2.31. The summed E-state index contributed by atoms with van der Waals surface area (Å²) in [6, 6.07) is 11.3. The molecule has 4 rings (SSSR count). The number of furan rings is 1. The lowest BCUT2D eigenvalue weighted by Crippen LogP contribution is -2.14. The van der Waals surface area contributed by atoms with Gasteiger partial charge in [-0.2, -0.15) is 0 Å². The summed E-state index contributed by atoms with van der Waals surface area (Å²) in [6.45, 7) is 1.65. The fourth-order valence-corrected chi connectivity index (χ4v) is 3.13. The van der Waals surface area contributed by atoms with Crippen LogP contribution in [0.25, 0.3) is 22.5 Å². The van der Waals surface area contributed by atoms with Crippen molar-refractivity contribution >= 4 is 34.6 Å². The van der Waals surface area contributed by atoms with Gasteiger partial charge in [0, 0.05) is 12.3 Å². The molecule has 0 unspecified atom stereocenters. The van der Waals surface area contributed by atoms with Crippen molar-refractivity contribution in [2.24, 2.45) is 0 Å². The molecule has 1 amide bonds. The second kappa shape index (κ2) is 6.96. The molecule has 0 fully saturated rings. The molecule has 4 aromatic rings. The zero-order valence-corrected chi connectivity index (χ0v) is 14.5. The molecule has 1 N–H and O–H groups in total. The molecule has 0 aliphatic carbocycles. The lowest BCUT2D eigenvalue weighted by atomic mass is 10.2. The van der Waals surface area contributed by atoms with Crippen LogP contribution in [0.2, 0.25) is 0 Å². The molecule has 0 saturated carbocycles. The van der Waals surface area contributed by atoms with Crippen molar-refractivity contribution in [3.63, 3.8) is 0 Å². The van der Waals surface area contributed by atoms with Gasteiger partial charge in [-0.05, 0) is 18.2 Å². The Morgan fingerprint density at radius 3 is 2.81 bits per heavy atom. The van der Waals surface area contributed by atoms with E-state index in [1.165, 1.54) is 11.8 Å². The Bertz CT molecular complexity index is 1060. The third-order valence-electron chi connectivity index (χ3n) is 3.42. The molecule has 3 heterocycles. The highest BCUT2D eigenvalue weighted by molar-refractivity contribution is 8.00. The number of aryl methyl sites for hydroxylation is 1. The maximum Gasteiger partial charge on any atom is 0.322 e. The maximum atomic E-state index is 12.1. The quantitative estimate of drug-likeness (QED) is 0.423. The Kier molecular flexibility index (Phi) is 4.36. The van der Waals surface area contributed by atoms with E-state index < -0.39 is 0 Å². The monoisotopic (exact) mass is 367 g/mol. The van der Waals surface area contributed by atoms with Gasteiger partial charge in [0.2, 0.25) is 11.8 Å². The summed E-state index contributed by atoms with van der Waals surface area (Å²) in [6.07, 6.45) is 1.57. The first-order valence-corrected chi connectivity index (χ1v) is 8.71. The van der Waals surface area contributed by atoms with Crippen LogP contribution >= 0.6 is 11.8 Å². The average molecular weight is 367 g/mol. The molecule has 1 aromatic carbocycles. The van der Waals surface area contributed by atoms with Gasteiger partial charge >= 0.3 is 6.01 Å². The average Bonchev–Trinajstić information content (AvgIpc) is 3.31. The van der Waals surface area contributed by atoms with Crippen molar-refractivity contribution < 1.29 is 13.6 Å². The number of nitrogens with zero attached hydrogens (tertiary/aromatic N) is 4. The standard InChI is InChI=1S/C17H13N5O3S/c1-10-21-22-17(25-10)19-14(23)9-26-16-11-5-2-3-6-12(11)18-15(20-16)13-7-4-8-24-13/h2-8H,9H2,1H3,(H,19,22,23). The number of anilines is 1. The molecule has 9 heteroatoms. The number of para-hydroxylation sites is 1. The van der Waals surface area contributed by atoms with Gasteiger partial charge in [-0.25, -0.2) is 9.97 Å². The number of hydrogen-bond acceptors (Lipinski definition) is 8. The second-order valence-electron chi connectivity index (χ2n) is 5.31. The summed E-state index contributed by atoms with van der Waals surface area (Å²) >= 11 is 1.30. The predicted molar refractivity (Wildman–Crippen MR) is 95.6 cm³/mol. The number of amides is 1. The highest BCUT2D eigenvalue weighted by atomic mass is 32.2. The van der Waals surface area contributed by atoms with Gasteiger partial charge in [0.1, 0.15) is 5.03 Å². The van der Waals surface area contributed by atoms with Crippen LogP contribution < -0.4 is 5.32 Å². The van der Waals surface area contributed by atoms with Crippen LogP contribution in [0.1, 0.15) is 5.89 Å². The Hall–Kier alpha value is -3.20. The zero-order chi connectivity index (χ0) is 17.9. The van der Waals surface area contributed by atoms with E-state index in [0.717, 1.165) is 10.9 Å². The van der Waals surface area contributed by atoms with E-state index in [0.29, 0.717) is 22.5 Å². The van der Waals surface area contributed by atoms with Gasteiger partial charge in [-0.15, -0.1) is 5.10 Å². The third-order valence-corrected chi connectivity index (χ3v) is 4.41. The fraction of sp³-hybridized carbons (Fsp3) is 0.118. The smallest absolute Gasteiger partial charge is 0.322 e. The Labute approximate surface area is 152 Å². The molecule has 0 bridgehead atoms. The topological polar surface area (TPSA) is 107 Å². The van der Waals surface area contributed by atoms with Gasteiger partial charge in [-0.1, -0.05) is 35.1 Å². The summed E-state index contributed by atoms with van der Waals surface area (Å²) in [5.74, 6) is 1.31. The van der Waals surface area contributed by atoms with Crippen LogP contribution in [0, 0.1) is 6.92 Å². The zero-order valence-electron chi connectivity index (χ0n) is 13.7. The highest BCUT2D eigenvalue weighted by Crippen LogP contribution is 2.28. The van der Waals surface area contributed by atoms with Gasteiger partial charge in [0.05, 0.1) is 17.5 Å². The first-order chi connectivity index (χ1) is 12.7. The summed E-state index contributed by atoms with van der Waals surface area (Å²) in [5.41, 5.74) is 0.782. The molecule has 0 aliphatic rings. The molecule has 0 saturated heterocycles. The number of hydrogen-bond donors (Lipinski definition) is 1. The van der Waals surface area contributed by atoms with Gasteiger partial charge in [0.15, 0.2) is 11.6 Å². The molecule has 0 radical (unpaired) electrons. The normalized spacial score (nSPS) is 11.0. The van der Waals surface area contributed by atoms with Crippen LogP contribution in [-0.4, -0.2) is 31.8 Å². The molecule has 0 aliphatic heterocycles. The van der Waals surface area contributed by atoms with Crippen LogP contribution in [0.5, 0.6) is 0 Å². The SMILES string of the molecule is Cc1nnc(NC(=O)CSc2nc(-c3ccco3)nc3ccccc23)o1. The summed E-state index contributed by atoms with van der Waals surface area (Å²) in [5, 5.41) is 11.5. The number of nitrogens with one attached hydrogen (secondary N) is 1. The van der Waals surface area contributed by atoms with Crippen LogP contribution in [0.4, 0.5) is 6.01 Å². The Morgan fingerprint density at radius 2 is 2.04 bits per heavy atom. The summed E-state index contributed by atoms with van der Waals surface area (Å²) in [7, 11) is 0. The van der Waals surface area contributed by atoms with Gasteiger partial charge in [0.25, 0.3) is 0 Å². The summed E-state index contributed by atoms with van der Waals surface area (Å²) in [4.78, 5) is 21.2. The lowest BCUT2D eigenvalue weighted by Gasteiger charge is -2.07. The Balaban J connectivity index is 1.57. The number of fused-ring (bicyclic) bond motifs is 1. The van der Waals surface area contributed by atoms with Crippen LogP contribution in [0.15, 0.2) is 56.5 Å². The first-order valence-electron chi connectivity index (χ1n) is 7.72. The van der Waals surface area contributed by atoms with Gasteiger partial charge < -0.3 is 8.83 Å². The molecule has 0 spiro atoms. The molecular formula is C17H13N5O3S. The molecule has 26 heavy (non-hydrogen) atoms. The molecule has 130 valence electrons. The van der Waals surface area contributed by atoms with Crippen molar-refractivity contribution in [3.8, 4) is 11.6 Å². The Morgan fingerprint density at radius 1 is 1.15 bits per heavy atom. The first kappa shape index (κ1) is 16.3. The molecule has 8 nitrogen and oxygen atoms in total. The van der Waals surface area contributed by atoms with E-state index in [-0.39, 0.29) is 17.7 Å². The maximum absolute atomic E-state index is 12.1. The minimum atomic E-state index is -0.263. The van der Waals surface area contributed by atoms with Crippen molar-refractivity contribution in [3.05, 3.63) is 48.6 Å². The number of thioether (sulfide) groups is 1. The number of benzene rings is 1. The number of aromatic nitrogens is 4. The lowest BCUT2D eigenvalue weighted by molar-refractivity contribution is -0.113. The molecule has 0 atom stereocenters. The second-order valence-corrected chi connectivity index (χ2v) is 6.27. The van der Waals surface area contributed by atoms with E-state index in [1.807, 2.05) is 24.3 Å². The number of carbonyl (C=O) groups excluding carboxylic acids is 1. The number of carbonyl (C=O) groups is 1. The van der Waals surface area contributed by atoms with Crippen LogP contribution in [0.3, 0.4) is 0 Å². The summed E-state index contributed by atoms with van der Waals surface area (Å²) < 4.78 is 10.5. The minimum absolute atomic E-state index is 0.0805. The van der Waals surface area contributed by atoms with Crippen LogP contribution in [-0.2, 0) is 4.79 Å². The largest absolute Gasteiger partial charge is 0.461 e. The van der Waals surface area contributed by atoms with E-state index in [2.05, 4.69) is 25.5 Å². The van der Waals surface area contributed by atoms with Crippen molar-refractivity contribution in [2.75, 3.05) is 11.1 Å². The minimum Gasteiger partial charge on any atom is -0.461 e. The predicted octanol–water partition coefficient (Wildman–Crippen LogP) is 3.31. The van der Waals surface area contributed by atoms with E-state index in [4.69, 9.17) is 8.83 Å². The van der Waals surface area contributed by atoms with E-state index in [9.17, 15) is 4.79 Å². The van der Waals surface area contributed by atoms with E-state index >= 15 is 0 Å². The van der Waals surface area contributed by atoms with Crippen molar-refractivity contribution in [1.82, 2.24) is 20.2 Å². The van der Waals surface area contributed by atoms with Crippen molar-refractivity contribution in [2.45, 2.75) is 11.9 Å². The molecule has 3 aromatic heterocycles. The van der Waals surface area contributed by atoms with E-state index in [1.54, 1.807) is 25.3 Å². The molecular weight excluding hydrogens is 354 g/mol. The number of rotatable bonds is 5. The van der Waals surface area contributed by atoms with Gasteiger partial charge in [-0.3, -0.25) is 10.1 Å². The highest BCUT2D eigenvalue weighted by Gasteiger charge is 2.14.